The van der Waals surface area contributed by atoms with E-state index in [-0.39, 0.29) is 24.4 Å². The number of nitrogens with two attached hydrogens (primary N) is 1. The molecule has 1 heterocycles. The second kappa shape index (κ2) is 8.83. The summed E-state index contributed by atoms with van der Waals surface area (Å²) in [6, 6.07) is 4.57. The van der Waals surface area contributed by atoms with E-state index in [1.54, 1.807) is 12.1 Å². The van der Waals surface area contributed by atoms with Gasteiger partial charge in [0.2, 0.25) is 10.0 Å². The van der Waals surface area contributed by atoms with Gasteiger partial charge >= 0.3 is 0 Å². The van der Waals surface area contributed by atoms with Crippen molar-refractivity contribution in [3.8, 4) is 0 Å². The summed E-state index contributed by atoms with van der Waals surface area (Å²) in [6.07, 6.45) is 3.03. The van der Waals surface area contributed by atoms with E-state index >= 15 is 0 Å². The van der Waals surface area contributed by atoms with Gasteiger partial charge in [0.15, 0.2) is 9.84 Å². The van der Waals surface area contributed by atoms with E-state index in [0.717, 1.165) is 12.5 Å². The summed E-state index contributed by atoms with van der Waals surface area (Å²) in [5.74, 6) is 0.0563. The molecule has 0 amide bonds. The highest BCUT2D eigenvalue weighted by atomic mass is 32.2. The summed E-state index contributed by atoms with van der Waals surface area (Å²) < 4.78 is 87.6. The number of hydrogen-bond acceptors (Lipinski definition) is 8. The quantitative estimate of drug-likeness (QED) is 0.348. The lowest BCUT2D eigenvalue weighted by molar-refractivity contribution is 0.482. The molecule has 29 heavy (non-hydrogen) atoms. The Morgan fingerprint density at radius 3 is 2.24 bits per heavy atom. The summed E-state index contributed by atoms with van der Waals surface area (Å²) >= 11 is 0. The summed E-state index contributed by atoms with van der Waals surface area (Å²) in [4.78, 5) is -2.35. The van der Waals surface area contributed by atoms with Crippen LogP contribution in [-0.2, 0) is 36.5 Å². The van der Waals surface area contributed by atoms with E-state index in [4.69, 9.17) is 9.56 Å². The van der Waals surface area contributed by atoms with Gasteiger partial charge in [-0.3, -0.25) is 4.55 Å². The average molecular weight is 467 g/mol. The van der Waals surface area contributed by atoms with Crippen LogP contribution in [0.5, 0.6) is 0 Å². The van der Waals surface area contributed by atoms with E-state index in [9.17, 15) is 29.8 Å². The van der Waals surface area contributed by atoms with Crippen molar-refractivity contribution in [2.75, 3.05) is 11.1 Å². The third kappa shape index (κ3) is 6.02. The summed E-state index contributed by atoms with van der Waals surface area (Å²) in [5.41, 5.74) is -0.301. The molecule has 0 aliphatic carbocycles. The van der Waals surface area contributed by atoms with Gasteiger partial charge in [-0.2, -0.15) is 8.42 Å². The van der Waals surface area contributed by atoms with Crippen molar-refractivity contribution in [2.45, 2.75) is 47.4 Å². The van der Waals surface area contributed by atoms with Gasteiger partial charge in [0.05, 0.1) is 29.1 Å². The van der Waals surface area contributed by atoms with Crippen LogP contribution in [0.1, 0.15) is 31.9 Å². The highest BCUT2D eigenvalue weighted by Crippen LogP contribution is 2.32. The van der Waals surface area contributed by atoms with E-state index in [1.165, 1.54) is 6.26 Å². The number of primary sulfonamides is 1. The Balaban J connectivity index is 2.65. The molecule has 2 aromatic rings. The minimum atomic E-state index is -4.90. The molecule has 1 aromatic heterocycles. The SMILES string of the molecule is CCCCCS(=O)(=O)c1cc(NCc2ccco2)c(S(=O)(=O)O)cc1S(N)(=O)=O. The van der Waals surface area contributed by atoms with Crippen LogP contribution in [0.25, 0.3) is 0 Å². The molecule has 162 valence electrons. The molecule has 1 aromatic carbocycles. The molecule has 0 saturated heterocycles. The number of unbranched alkanes of at least 4 members (excludes halogenated alkanes) is 2. The number of nitrogens with one attached hydrogen (secondary N) is 1. The Morgan fingerprint density at radius 2 is 1.72 bits per heavy atom. The lowest BCUT2D eigenvalue weighted by Crippen LogP contribution is -2.20. The standard InChI is InChI=1S/C16H22N2O8S3/c1-2-3-4-8-27(19,20)15-9-13(18-11-12-6-5-7-26-12)14(29(23,24)25)10-16(15)28(17,21)22/h5-7,9-10,18H,2-4,8,11H2,1H3,(H2,17,21,22)(H,23,24,25). The highest BCUT2D eigenvalue weighted by molar-refractivity contribution is 7.93. The molecule has 0 aliphatic rings. The number of benzene rings is 1. The van der Waals surface area contributed by atoms with Crippen molar-refractivity contribution < 1.29 is 34.2 Å². The molecule has 13 heteroatoms. The van der Waals surface area contributed by atoms with Crippen molar-refractivity contribution in [1.29, 1.82) is 0 Å². The number of rotatable bonds is 10. The fourth-order valence-electron chi connectivity index (χ4n) is 2.61. The molecule has 0 radical (unpaired) electrons. The molecule has 0 unspecified atom stereocenters. The maximum atomic E-state index is 12.7. The predicted molar refractivity (Wildman–Crippen MR) is 105 cm³/mol. The molecule has 0 bridgehead atoms. The van der Waals surface area contributed by atoms with Crippen molar-refractivity contribution in [1.82, 2.24) is 0 Å². The zero-order chi connectivity index (χ0) is 21.9. The fourth-order valence-corrected chi connectivity index (χ4v) is 6.17. The number of furan rings is 1. The van der Waals surface area contributed by atoms with Gasteiger partial charge in [-0.1, -0.05) is 19.8 Å². The zero-order valence-corrected chi connectivity index (χ0v) is 18.0. The molecule has 0 spiro atoms. The molecule has 0 fully saturated rings. The van der Waals surface area contributed by atoms with Gasteiger partial charge < -0.3 is 9.73 Å². The third-order valence-electron chi connectivity index (χ3n) is 4.02. The first kappa shape index (κ1) is 23.3. The van der Waals surface area contributed by atoms with Gasteiger partial charge in [0.25, 0.3) is 10.1 Å². The van der Waals surface area contributed by atoms with Crippen LogP contribution in [0.2, 0.25) is 0 Å². The van der Waals surface area contributed by atoms with Crippen LogP contribution in [0.4, 0.5) is 5.69 Å². The van der Waals surface area contributed by atoms with Crippen molar-refractivity contribution in [3.63, 3.8) is 0 Å². The molecular weight excluding hydrogens is 444 g/mol. The first-order valence-electron chi connectivity index (χ1n) is 8.53. The molecule has 10 nitrogen and oxygen atoms in total. The topological polar surface area (TPSA) is 174 Å². The van der Waals surface area contributed by atoms with Crippen LogP contribution in [0.3, 0.4) is 0 Å². The van der Waals surface area contributed by atoms with Gasteiger partial charge in [0.1, 0.15) is 15.6 Å². The van der Waals surface area contributed by atoms with Crippen LogP contribution < -0.4 is 10.5 Å². The smallest absolute Gasteiger partial charge is 0.296 e. The molecular formula is C16H22N2O8S3. The van der Waals surface area contributed by atoms with E-state index in [0.29, 0.717) is 18.2 Å². The predicted octanol–water partition coefficient (Wildman–Crippen LogP) is 1.75. The minimum Gasteiger partial charge on any atom is -0.467 e. The van der Waals surface area contributed by atoms with E-state index in [2.05, 4.69) is 5.32 Å². The van der Waals surface area contributed by atoms with Crippen molar-refractivity contribution >= 4 is 35.7 Å². The number of hydrogen-bond donors (Lipinski definition) is 3. The number of sulfone groups is 1. The Labute approximate surface area is 169 Å². The Kier molecular flexibility index (Phi) is 7.11. The first-order valence-corrected chi connectivity index (χ1v) is 13.2. The Bertz CT molecular complexity index is 1170. The number of anilines is 1. The van der Waals surface area contributed by atoms with Crippen LogP contribution in [0, 0.1) is 0 Å². The summed E-state index contributed by atoms with van der Waals surface area (Å²) in [5, 5.41) is 7.77. The highest BCUT2D eigenvalue weighted by Gasteiger charge is 2.29. The lowest BCUT2D eigenvalue weighted by atomic mass is 10.3. The average Bonchev–Trinajstić information content (AvgIpc) is 3.11. The monoisotopic (exact) mass is 466 g/mol. The Morgan fingerprint density at radius 1 is 1.03 bits per heavy atom. The fraction of sp³-hybridized carbons (Fsp3) is 0.375. The van der Waals surface area contributed by atoms with Gasteiger partial charge in [-0.05, 0) is 30.7 Å². The molecule has 4 N–H and O–H groups in total. The van der Waals surface area contributed by atoms with Gasteiger partial charge in [0, 0.05) is 0 Å². The molecule has 0 atom stereocenters. The van der Waals surface area contributed by atoms with Crippen LogP contribution >= 0.6 is 0 Å². The summed E-state index contributed by atoms with van der Waals surface area (Å²) in [7, 11) is -13.6. The molecule has 0 saturated carbocycles. The maximum Gasteiger partial charge on any atom is 0.296 e. The van der Waals surface area contributed by atoms with Gasteiger partial charge in [-0.25, -0.2) is 22.0 Å². The van der Waals surface area contributed by atoms with Crippen LogP contribution in [0.15, 0.2) is 49.6 Å². The maximum absolute atomic E-state index is 12.7. The largest absolute Gasteiger partial charge is 0.467 e. The Hall–Kier alpha value is -1.93. The van der Waals surface area contributed by atoms with E-state index < -0.39 is 44.7 Å². The van der Waals surface area contributed by atoms with Crippen molar-refractivity contribution in [2.24, 2.45) is 5.14 Å². The second-order valence-electron chi connectivity index (χ2n) is 6.27. The molecule has 0 aliphatic heterocycles. The zero-order valence-electron chi connectivity index (χ0n) is 15.5. The summed E-state index contributed by atoms with van der Waals surface area (Å²) in [6.45, 7) is 1.83. The minimum absolute atomic E-state index is 0.0421. The van der Waals surface area contributed by atoms with Gasteiger partial charge in [-0.15, -0.1) is 0 Å². The van der Waals surface area contributed by atoms with E-state index in [1.807, 2.05) is 6.92 Å². The lowest BCUT2D eigenvalue weighted by Gasteiger charge is -2.15. The second-order valence-corrected chi connectivity index (χ2v) is 11.3. The molecule has 2 rings (SSSR count). The van der Waals surface area contributed by atoms with Crippen molar-refractivity contribution in [3.05, 3.63) is 36.3 Å². The normalized spacial score (nSPS) is 12.8. The number of sulfonamides is 1. The first-order chi connectivity index (χ1) is 13.4. The third-order valence-corrected chi connectivity index (χ3v) is 7.82. The van der Waals surface area contributed by atoms with Crippen LogP contribution in [-0.4, -0.2) is 35.6 Å².